The Balaban J connectivity index is 1.53. The van der Waals surface area contributed by atoms with Crippen LogP contribution in [0.5, 0.6) is 17.2 Å². The van der Waals surface area contributed by atoms with Gasteiger partial charge in [-0.25, -0.2) is 0 Å². The van der Waals surface area contributed by atoms with Gasteiger partial charge in [0, 0.05) is 11.3 Å². The minimum Gasteiger partial charge on any atom is -0.497 e. The van der Waals surface area contributed by atoms with E-state index in [9.17, 15) is 35.9 Å². The second-order valence-electron chi connectivity index (χ2n) is 8.29. The lowest BCUT2D eigenvalue weighted by Crippen LogP contribution is -2.41. The first kappa shape index (κ1) is 27.6. The molecule has 13 heteroatoms. The van der Waals surface area contributed by atoms with E-state index < -0.39 is 40.9 Å². The number of hydrogen-bond acceptors (Lipinski definition) is 5. The number of alkyl halides is 6. The molecule has 0 atom stereocenters. The highest BCUT2D eigenvalue weighted by Crippen LogP contribution is 2.37. The van der Waals surface area contributed by atoms with Gasteiger partial charge in [-0.05, 0) is 60.7 Å². The number of fused-ring (bicyclic) bond motifs is 1. The number of carbonyl (C=O) groups excluding carboxylic acids is 2. The highest BCUT2D eigenvalue weighted by Gasteiger charge is 2.37. The molecule has 0 saturated heterocycles. The predicted octanol–water partition coefficient (Wildman–Crippen LogP) is 5.79. The standard InChI is InChI=1S/C26H20F6N2O5/c1-37-19-3-5-20(6-4-19)38-9-8-34-21-13-18(2-7-22(21)39-14-23(34)35)33-24(36)15-10-16(25(27,28)29)12-17(11-15)26(30,31)32/h2-7,10-13H,8-9,14H2,1H3,(H,33,36). The van der Waals surface area contributed by atoms with E-state index in [1.165, 1.54) is 30.2 Å². The fraction of sp³-hybridized carbons (Fsp3) is 0.231. The van der Waals surface area contributed by atoms with E-state index in [1.807, 2.05) is 0 Å². The Morgan fingerprint density at radius 1 is 0.923 bits per heavy atom. The molecule has 4 rings (SSSR count). The van der Waals surface area contributed by atoms with Crippen LogP contribution < -0.4 is 24.4 Å². The first-order valence-corrected chi connectivity index (χ1v) is 11.3. The van der Waals surface area contributed by atoms with Gasteiger partial charge in [-0.15, -0.1) is 0 Å². The van der Waals surface area contributed by atoms with E-state index in [-0.39, 0.29) is 42.9 Å². The van der Waals surface area contributed by atoms with Gasteiger partial charge in [-0.3, -0.25) is 9.59 Å². The van der Waals surface area contributed by atoms with E-state index in [2.05, 4.69) is 5.32 Å². The number of rotatable bonds is 7. The van der Waals surface area contributed by atoms with Gasteiger partial charge in [-0.1, -0.05) is 0 Å². The van der Waals surface area contributed by atoms with Crippen molar-refractivity contribution in [2.24, 2.45) is 0 Å². The average molecular weight is 554 g/mol. The number of methoxy groups -OCH3 is 1. The Labute approximate surface area is 217 Å². The van der Waals surface area contributed by atoms with Crippen molar-refractivity contribution >= 4 is 23.2 Å². The summed E-state index contributed by atoms with van der Waals surface area (Å²) in [7, 11) is 1.52. The molecule has 206 valence electrons. The minimum absolute atomic E-state index is 0.0177. The van der Waals surface area contributed by atoms with Crippen molar-refractivity contribution in [3.05, 3.63) is 77.4 Å². The maximum absolute atomic E-state index is 13.2. The molecule has 1 aliphatic rings. The van der Waals surface area contributed by atoms with Crippen molar-refractivity contribution in [1.29, 1.82) is 0 Å². The lowest BCUT2D eigenvalue weighted by atomic mass is 10.0. The Kier molecular flexibility index (Phi) is 7.61. The summed E-state index contributed by atoms with van der Waals surface area (Å²) in [6.45, 7) is -0.0918. The zero-order chi connectivity index (χ0) is 28.4. The third kappa shape index (κ3) is 6.54. The summed E-state index contributed by atoms with van der Waals surface area (Å²) < 4.78 is 95.2. The summed E-state index contributed by atoms with van der Waals surface area (Å²) in [5, 5.41) is 2.28. The molecule has 0 spiro atoms. The number of hydrogen-bond donors (Lipinski definition) is 1. The molecule has 1 N–H and O–H groups in total. The van der Waals surface area contributed by atoms with Crippen LogP contribution in [0.25, 0.3) is 0 Å². The van der Waals surface area contributed by atoms with E-state index in [0.29, 0.717) is 23.6 Å². The van der Waals surface area contributed by atoms with E-state index in [0.717, 1.165) is 0 Å². The zero-order valence-electron chi connectivity index (χ0n) is 20.2. The number of anilines is 2. The number of nitrogens with zero attached hydrogens (tertiary/aromatic N) is 1. The monoisotopic (exact) mass is 554 g/mol. The second kappa shape index (κ2) is 10.8. The Morgan fingerprint density at radius 2 is 1.54 bits per heavy atom. The molecular weight excluding hydrogens is 534 g/mol. The second-order valence-corrected chi connectivity index (χ2v) is 8.29. The first-order valence-electron chi connectivity index (χ1n) is 11.3. The van der Waals surface area contributed by atoms with Gasteiger partial charge in [0.25, 0.3) is 11.8 Å². The van der Waals surface area contributed by atoms with Crippen molar-refractivity contribution in [2.45, 2.75) is 12.4 Å². The summed E-state index contributed by atoms with van der Waals surface area (Å²) in [5.74, 6) is -0.178. The molecule has 0 bridgehead atoms. The highest BCUT2D eigenvalue weighted by atomic mass is 19.4. The fourth-order valence-electron chi connectivity index (χ4n) is 3.74. The topological polar surface area (TPSA) is 77.1 Å². The summed E-state index contributed by atoms with van der Waals surface area (Å²) in [4.78, 5) is 26.5. The van der Waals surface area contributed by atoms with Gasteiger partial charge in [0.15, 0.2) is 6.61 Å². The lowest BCUT2D eigenvalue weighted by molar-refractivity contribution is -0.143. The van der Waals surface area contributed by atoms with Gasteiger partial charge in [-0.2, -0.15) is 26.3 Å². The molecular formula is C26H20F6N2O5. The molecule has 39 heavy (non-hydrogen) atoms. The molecule has 3 aromatic carbocycles. The maximum atomic E-state index is 13.2. The largest absolute Gasteiger partial charge is 0.497 e. The smallest absolute Gasteiger partial charge is 0.416 e. The van der Waals surface area contributed by atoms with Crippen LogP contribution in [0, 0.1) is 0 Å². The van der Waals surface area contributed by atoms with Gasteiger partial charge in [0.1, 0.15) is 23.9 Å². The zero-order valence-corrected chi connectivity index (χ0v) is 20.2. The van der Waals surface area contributed by atoms with Crippen LogP contribution in [-0.4, -0.2) is 38.7 Å². The molecule has 1 heterocycles. The molecule has 3 aromatic rings. The number of amides is 2. The van der Waals surface area contributed by atoms with Crippen LogP contribution in [0.1, 0.15) is 21.5 Å². The average Bonchev–Trinajstić information content (AvgIpc) is 2.89. The molecule has 0 unspecified atom stereocenters. The quantitative estimate of drug-likeness (QED) is 0.375. The van der Waals surface area contributed by atoms with E-state index in [1.54, 1.807) is 24.3 Å². The van der Waals surface area contributed by atoms with Crippen molar-refractivity contribution in [3.8, 4) is 17.2 Å². The number of benzene rings is 3. The molecule has 0 aromatic heterocycles. The summed E-state index contributed by atoms with van der Waals surface area (Å²) >= 11 is 0. The van der Waals surface area contributed by atoms with Gasteiger partial charge >= 0.3 is 12.4 Å². The van der Waals surface area contributed by atoms with Crippen LogP contribution in [-0.2, 0) is 17.1 Å². The lowest BCUT2D eigenvalue weighted by Gasteiger charge is -2.29. The highest BCUT2D eigenvalue weighted by molar-refractivity contribution is 6.05. The van der Waals surface area contributed by atoms with Crippen molar-refractivity contribution in [1.82, 2.24) is 0 Å². The fourth-order valence-corrected chi connectivity index (χ4v) is 3.74. The van der Waals surface area contributed by atoms with Gasteiger partial charge in [0.05, 0.1) is 30.5 Å². The molecule has 0 fully saturated rings. The van der Waals surface area contributed by atoms with Crippen LogP contribution in [0.2, 0.25) is 0 Å². The van der Waals surface area contributed by atoms with E-state index in [4.69, 9.17) is 14.2 Å². The number of carbonyl (C=O) groups is 2. The summed E-state index contributed by atoms with van der Waals surface area (Å²) in [6.07, 6.45) is -10.2. The number of nitrogens with one attached hydrogen (secondary N) is 1. The van der Waals surface area contributed by atoms with Crippen LogP contribution >= 0.6 is 0 Å². The number of ether oxygens (including phenoxy) is 3. The normalized spacial score (nSPS) is 13.4. The molecule has 0 radical (unpaired) electrons. The van der Waals surface area contributed by atoms with Gasteiger partial charge < -0.3 is 24.4 Å². The molecule has 7 nitrogen and oxygen atoms in total. The molecule has 0 aliphatic carbocycles. The summed E-state index contributed by atoms with van der Waals surface area (Å²) in [5.41, 5.74) is -3.82. The van der Waals surface area contributed by atoms with Crippen molar-refractivity contribution in [2.75, 3.05) is 37.1 Å². The van der Waals surface area contributed by atoms with Crippen molar-refractivity contribution in [3.63, 3.8) is 0 Å². The third-order valence-electron chi connectivity index (χ3n) is 5.65. The van der Waals surface area contributed by atoms with Crippen LogP contribution in [0.15, 0.2) is 60.7 Å². The Hall–Kier alpha value is -4.42. The summed E-state index contributed by atoms with van der Waals surface area (Å²) in [6, 6.07) is 11.4. The van der Waals surface area contributed by atoms with E-state index >= 15 is 0 Å². The maximum Gasteiger partial charge on any atom is 0.416 e. The van der Waals surface area contributed by atoms with Crippen LogP contribution in [0.4, 0.5) is 37.7 Å². The predicted molar refractivity (Wildman–Crippen MR) is 127 cm³/mol. The van der Waals surface area contributed by atoms with Crippen molar-refractivity contribution < 1.29 is 50.1 Å². The number of halogens is 6. The third-order valence-corrected chi connectivity index (χ3v) is 5.65. The molecule has 1 aliphatic heterocycles. The molecule has 2 amide bonds. The SMILES string of the molecule is COc1ccc(OCCN2C(=O)COc3ccc(NC(=O)c4cc(C(F)(F)F)cc(C(F)(F)F)c4)cc32)cc1. The Morgan fingerprint density at radius 3 is 2.13 bits per heavy atom. The Bertz CT molecular complexity index is 1340. The minimum atomic E-state index is -5.10. The molecule has 0 saturated carbocycles. The van der Waals surface area contributed by atoms with Gasteiger partial charge in [0.2, 0.25) is 0 Å². The first-order chi connectivity index (χ1) is 18.3. The van der Waals surface area contributed by atoms with Crippen LogP contribution in [0.3, 0.4) is 0 Å².